The molecule has 1 aliphatic carbocycles. The molecule has 1 aromatic rings. The van der Waals surface area contributed by atoms with E-state index in [0.29, 0.717) is 18.1 Å². The lowest BCUT2D eigenvalue weighted by molar-refractivity contribution is 0.323. The molecule has 84 valence electrons. The molecule has 1 fully saturated rings. The topological polar surface area (TPSA) is 38.0 Å². The van der Waals surface area contributed by atoms with E-state index in [1.165, 1.54) is 30.6 Å². The van der Waals surface area contributed by atoms with Crippen LogP contribution in [0, 0.1) is 0 Å². The van der Waals surface area contributed by atoms with E-state index < -0.39 is 0 Å². The van der Waals surface area contributed by atoms with E-state index in [4.69, 9.17) is 5.73 Å². The highest BCUT2D eigenvalue weighted by Gasteiger charge is 2.20. The lowest BCUT2D eigenvalue weighted by Crippen LogP contribution is -2.38. The zero-order chi connectivity index (χ0) is 10.7. The molecule has 1 unspecified atom stereocenters. The van der Waals surface area contributed by atoms with E-state index in [-0.39, 0.29) is 0 Å². The van der Waals surface area contributed by atoms with Gasteiger partial charge in [0.1, 0.15) is 0 Å². The van der Waals surface area contributed by atoms with E-state index in [2.05, 4.69) is 29.8 Å². The zero-order valence-corrected chi connectivity index (χ0v) is 10.1. The first-order valence-electron chi connectivity index (χ1n) is 5.80. The van der Waals surface area contributed by atoms with Gasteiger partial charge in [0, 0.05) is 23.0 Å². The number of nitrogens with two attached hydrogens (primary N) is 1. The molecule has 0 aromatic carbocycles. The van der Waals surface area contributed by atoms with Crippen LogP contribution in [0.15, 0.2) is 17.5 Å². The Hall–Kier alpha value is -0.380. The van der Waals surface area contributed by atoms with Crippen LogP contribution in [0.5, 0.6) is 0 Å². The summed E-state index contributed by atoms with van der Waals surface area (Å²) >= 11 is 1.83. The average molecular weight is 224 g/mol. The number of hydrogen-bond donors (Lipinski definition) is 2. The molecule has 2 rings (SSSR count). The summed E-state index contributed by atoms with van der Waals surface area (Å²) < 4.78 is 0. The maximum absolute atomic E-state index is 5.90. The Bertz CT molecular complexity index is 276. The summed E-state index contributed by atoms with van der Waals surface area (Å²) in [5.41, 5.74) is 5.90. The molecule has 15 heavy (non-hydrogen) atoms. The van der Waals surface area contributed by atoms with Gasteiger partial charge in [0.2, 0.25) is 0 Å². The Labute approximate surface area is 95.9 Å². The quantitative estimate of drug-likeness (QED) is 0.828. The molecular formula is C12H20N2S. The minimum atomic E-state index is 0.445. The molecule has 0 aliphatic heterocycles. The second kappa shape index (κ2) is 5.10. The van der Waals surface area contributed by atoms with Gasteiger partial charge in [-0.2, -0.15) is 0 Å². The number of rotatable bonds is 3. The summed E-state index contributed by atoms with van der Waals surface area (Å²) in [7, 11) is 0. The minimum Gasteiger partial charge on any atom is -0.328 e. The van der Waals surface area contributed by atoms with Crippen molar-refractivity contribution in [3.8, 4) is 0 Å². The van der Waals surface area contributed by atoms with Crippen molar-refractivity contribution in [3.05, 3.63) is 22.4 Å². The molecule has 2 nitrogen and oxygen atoms in total. The lowest BCUT2D eigenvalue weighted by atomic mass is 9.91. The third kappa shape index (κ3) is 3.03. The van der Waals surface area contributed by atoms with E-state index in [1.54, 1.807) is 0 Å². The van der Waals surface area contributed by atoms with Crippen molar-refractivity contribution in [1.29, 1.82) is 0 Å². The maximum atomic E-state index is 5.90. The zero-order valence-electron chi connectivity index (χ0n) is 9.28. The summed E-state index contributed by atoms with van der Waals surface area (Å²) in [6.45, 7) is 2.25. The van der Waals surface area contributed by atoms with Gasteiger partial charge < -0.3 is 11.1 Å². The van der Waals surface area contributed by atoms with E-state index in [1.807, 2.05) is 11.3 Å². The first-order chi connectivity index (χ1) is 7.25. The minimum absolute atomic E-state index is 0.445. The molecule has 0 amide bonds. The highest BCUT2D eigenvalue weighted by atomic mass is 32.1. The monoisotopic (exact) mass is 224 g/mol. The average Bonchev–Trinajstić information content (AvgIpc) is 2.74. The smallest absolute Gasteiger partial charge is 0.0388 e. The maximum Gasteiger partial charge on any atom is 0.0388 e. The van der Waals surface area contributed by atoms with Crippen molar-refractivity contribution in [2.75, 3.05) is 0 Å². The summed E-state index contributed by atoms with van der Waals surface area (Å²) in [6, 6.07) is 5.93. The van der Waals surface area contributed by atoms with Gasteiger partial charge in [-0.15, -0.1) is 11.3 Å². The van der Waals surface area contributed by atoms with E-state index in [0.717, 1.165) is 0 Å². The van der Waals surface area contributed by atoms with Crippen LogP contribution in [0.25, 0.3) is 0 Å². The van der Waals surface area contributed by atoms with Gasteiger partial charge in [0.05, 0.1) is 0 Å². The van der Waals surface area contributed by atoms with Crippen molar-refractivity contribution >= 4 is 11.3 Å². The summed E-state index contributed by atoms with van der Waals surface area (Å²) in [5.74, 6) is 0. The van der Waals surface area contributed by atoms with Crippen molar-refractivity contribution in [1.82, 2.24) is 5.32 Å². The molecule has 0 bridgehead atoms. The Morgan fingerprint density at radius 1 is 1.40 bits per heavy atom. The molecule has 1 heterocycles. The van der Waals surface area contributed by atoms with Crippen LogP contribution < -0.4 is 11.1 Å². The van der Waals surface area contributed by atoms with E-state index >= 15 is 0 Å². The standard InChI is InChI=1S/C12H20N2S/c1-9(12-3-2-8-15-12)14-11-6-4-10(13)5-7-11/h2-3,8-11,14H,4-7,13H2,1H3. The van der Waals surface area contributed by atoms with Crippen LogP contribution >= 0.6 is 11.3 Å². The second-order valence-corrected chi connectivity index (χ2v) is 5.49. The third-order valence-corrected chi connectivity index (χ3v) is 4.28. The lowest BCUT2D eigenvalue weighted by Gasteiger charge is -2.29. The Balaban J connectivity index is 1.82. The van der Waals surface area contributed by atoms with Gasteiger partial charge in [-0.05, 0) is 44.1 Å². The Kier molecular flexibility index (Phi) is 3.78. The fraction of sp³-hybridized carbons (Fsp3) is 0.667. The van der Waals surface area contributed by atoms with Crippen LogP contribution in [0.2, 0.25) is 0 Å². The van der Waals surface area contributed by atoms with E-state index in [9.17, 15) is 0 Å². The van der Waals surface area contributed by atoms with Gasteiger partial charge >= 0.3 is 0 Å². The van der Waals surface area contributed by atoms with Crippen LogP contribution in [-0.2, 0) is 0 Å². The molecular weight excluding hydrogens is 204 g/mol. The van der Waals surface area contributed by atoms with Crippen LogP contribution in [-0.4, -0.2) is 12.1 Å². The van der Waals surface area contributed by atoms with Crippen molar-refractivity contribution in [2.24, 2.45) is 5.73 Å². The van der Waals surface area contributed by atoms with Gasteiger partial charge in [-0.1, -0.05) is 6.07 Å². The van der Waals surface area contributed by atoms with Crippen molar-refractivity contribution in [2.45, 2.75) is 50.7 Å². The van der Waals surface area contributed by atoms with Crippen LogP contribution in [0.4, 0.5) is 0 Å². The Morgan fingerprint density at radius 2 is 2.13 bits per heavy atom. The molecule has 3 N–H and O–H groups in total. The molecule has 0 radical (unpaired) electrons. The van der Waals surface area contributed by atoms with Crippen LogP contribution in [0.1, 0.15) is 43.5 Å². The summed E-state index contributed by atoms with van der Waals surface area (Å²) in [4.78, 5) is 1.44. The molecule has 0 saturated heterocycles. The molecule has 3 heteroatoms. The number of nitrogens with one attached hydrogen (secondary N) is 1. The SMILES string of the molecule is CC(NC1CCC(N)CC1)c1cccs1. The Morgan fingerprint density at radius 3 is 2.73 bits per heavy atom. The first-order valence-corrected chi connectivity index (χ1v) is 6.68. The largest absolute Gasteiger partial charge is 0.328 e. The summed E-state index contributed by atoms with van der Waals surface area (Å²) in [5, 5.41) is 5.84. The molecule has 1 aliphatic rings. The number of thiophene rings is 1. The summed E-state index contributed by atoms with van der Waals surface area (Å²) in [6.07, 6.45) is 4.82. The predicted octanol–water partition coefficient (Wildman–Crippen LogP) is 2.67. The molecule has 1 atom stereocenters. The third-order valence-electron chi connectivity index (χ3n) is 3.23. The van der Waals surface area contributed by atoms with Gasteiger partial charge in [-0.3, -0.25) is 0 Å². The van der Waals surface area contributed by atoms with Crippen molar-refractivity contribution < 1.29 is 0 Å². The fourth-order valence-corrected chi connectivity index (χ4v) is 3.00. The van der Waals surface area contributed by atoms with Crippen molar-refractivity contribution in [3.63, 3.8) is 0 Å². The highest BCUT2D eigenvalue weighted by molar-refractivity contribution is 7.10. The second-order valence-electron chi connectivity index (χ2n) is 4.52. The number of hydrogen-bond acceptors (Lipinski definition) is 3. The molecule has 0 spiro atoms. The predicted molar refractivity (Wildman–Crippen MR) is 66.1 cm³/mol. The fourth-order valence-electron chi connectivity index (χ4n) is 2.26. The van der Waals surface area contributed by atoms with Gasteiger partial charge in [0.25, 0.3) is 0 Å². The molecule has 1 saturated carbocycles. The first kappa shape index (κ1) is 11.1. The van der Waals surface area contributed by atoms with Crippen LogP contribution in [0.3, 0.4) is 0 Å². The van der Waals surface area contributed by atoms with Gasteiger partial charge in [-0.25, -0.2) is 0 Å². The molecule has 1 aromatic heterocycles. The van der Waals surface area contributed by atoms with Gasteiger partial charge in [0.15, 0.2) is 0 Å². The highest BCUT2D eigenvalue weighted by Crippen LogP contribution is 2.23. The normalized spacial score (nSPS) is 28.9.